The lowest BCUT2D eigenvalue weighted by atomic mass is 10.1. The van der Waals surface area contributed by atoms with Gasteiger partial charge in [0, 0.05) is 17.3 Å². The van der Waals surface area contributed by atoms with Gasteiger partial charge in [-0.2, -0.15) is 0 Å². The summed E-state index contributed by atoms with van der Waals surface area (Å²) in [6.45, 7) is 4.79. The highest BCUT2D eigenvalue weighted by Crippen LogP contribution is 2.21. The van der Waals surface area contributed by atoms with Crippen molar-refractivity contribution in [3.63, 3.8) is 0 Å². The van der Waals surface area contributed by atoms with Gasteiger partial charge in [-0.15, -0.1) is 0 Å². The molecule has 2 aromatic carbocycles. The van der Waals surface area contributed by atoms with E-state index in [-0.39, 0.29) is 16.8 Å². The molecule has 2 rings (SSSR count). The standard InChI is InChI=1S/C18H18N2O5/c1-11-7-8-15(12(2)9-11)19-17(21)10-25-18(22)14-5-4-6-16(13(14)3)20(23)24/h4-9H,10H2,1-3H3,(H,19,21). The zero-order chi connectivity index (χ0) is 18.6. The average Bonchev–Trinajstić information content (AvgIpc) is 2.55. The van der Waals surface area contributed by atoms with E-state index in [1.165, 1.54) is 25.1 Å². The number of nitro benzene ring substituents is 1. The number of hydrogen-bond acceptors (Lipinski definition) is 5. The summed E-state index contributed by atoms with van der Waals surface area (Å²) in [4.78, 5) is 34.4. The number of rotatable bonds is 5. The number of carbonyl (C=O) groups is 2. The summed E-state index contributed by atoms with van der Waals surface area (Å²) in [6, 6.07) is 9.69. The number of benzene rings is 2. The molecule has 2 aromatic rings. The molecule has 1 N–H and O–H groups in total. The summed E-state index contributed by atoms with van der Waals surface area (Å²) < 4.78 is 4.97. The number of carbonyl (C=O) groups excluding carboxylic acids is 2. The highest BCUT2D eigenvalue weighted by atomic mass is 16.6. The SMILES string of the molecule is Cc1ccc(NC(=O)COC(=O)c2cccc([N+](=O)[O-])c2C)c(C)c1. The summed E-state index contributed by atoms with van der Waals surface area (Å²) in [5.41, 5.74) is 2.70. The van der Waals surface area contributed by atoms with E-state index in [1.807, 2.05) is 26.0 Å². The minimum absolute atomic E-state index is 0.0634. The maximum absolute atomic E-state index is 12.1. The fraction of sp³-hybridized carbons (Fsp3) is 0.222. The van der Waals surface area contributed by atoms with E-state index in [2.05, 4.69) is 5.32 Å². The Morgan fingerprint density at radius 1 is 1.16 bits per heavy atom. The minimum atomic E-state index is -0.781. The molecule has 0 spiro atoms. The molecule has 0 heterocycles. The second-order valence-corrected chi connectivity index (χ2v) is 5.65. The molecule has 0 saturated carbocycles. The Balaban J connectivity index is 2.01. The van der Waals surface area contributed by atoms with Crippen LogP contribution in [0.5, 0.6) is 0 Å². The van der Waals surface area contributed by atoms with Crippen LogP contribution in [-0.4, -0.2) is 23.4 Å². The van der Waals surface area contributed by atoms with Crippen molar-refractivity contribution in [2.45, 2.75) is 20.8 Å². The van der Waals surface area contributed by atoms with Gasteiger partial charge in [-0.1, -0.05) is 23.8 Å². The minimum Gasteiger partial charge on any atom is -0.452 e. The van der Waals surface area contributed by atoms with Crippen molar-refractivity contribution in [2.75, 3.05) is 11.9 Å². The predicted octanol–water partition coefficient (Wildman–Crippen LogP) is 3.32. The quantitative estimate of drug-likeness (QED) is 0.510. The van der Waals surface area contributed by atoms with E-state index < -0.39 is 23.4 Å². The summed E-state index contributed by atoms with van der Waals surface area (Å²) >= 11 is 0. The van der Waals surface area contributed by atoms with E-state index in [4.69, 9.17) is 4.74 Å². The first-order chi connectivity index (χ1) is 11.8. The molecule has 0 bridgehead atoms. The summed E-state index contributed by atoms with van der Waals surface area (Å²) in [5, 5.41) is 13.6. The first-order valence-electron chi connectivity index (χ1n) is 7.58. The van der Waals surface area contributed by atoms with Crippen LogP contribution >= 0.6 is 0 Å². The van der Waals surface area contributed by atoms with E-state index in [1.54, 1.807) is 6.07 Å². The largest absolute Gasteiger partial charge is 0.452 e. The molecule has 7 heteroatoms. The van der Waals surface area contributed by atoms with Crippen LogP contribution in [0.25, 0.3) is 0 Å². The smallest absolute Gasteiger partial charge is 0.339 e. The molecule has 7 nitrogen and oxygen atoms in total. The van der Waals surface area contributed by atoms with Crippen molar-refractivity contribution in [3.05, 3.63) is 68.8 Å². The second kappa shape index (κ2) is 7.57. The monoisotopic (exact) mass is 342 g/mol. The summed E-state index contributed by atoms with van der Waals surface area (Å²) in [5.74, 6) is -1.26. The summed E-state index contributed by atoms with van der Waals surface area (Å²) in [7, 11) is 0. The number of anilines is 1. The van der Waals surface area contributed by atoms with Crippen LogP contribution in [0.2, 0.25) is 0 Å². The van der Waals surface area contributed by atoms with Crippen molar-refractivity contribution in [1.82, 2.24) is 0 Å². The number of amides is 1. The first-order valence-corrected chi connectivity index (χ1v) is 7.58. The Morgan fingerprint density at radius 2 is 1.88 bits per heavy atom. The molecule has 0 radical (unpaired) electrons. The average molecular weight is 342 g/mol. The molecule has 25 heavy (non-hydrogen) atoms. The van der Waals surface area contributed by atoms with Gasteiger partial charge in [0.2, 0.25) is 0 Å². The maximum Gasteiger partial charge on any atom is 0.339 e. The van der Waals surface area contributed by atoms with Gasteiger partial charge < -0.3 is 10.1 Å². The number of hydrogen-bond donors (Lipinski definition) is 1. The first kappa shape index (κ1) is 18.1. The van der Waals surface area contributed by atoms with Gasteiger partial charge >= 0.3 is 5.97 Å². The number of ether oxygens (including phenoxy) is 1. The number of nitrogens with one attached hydrogen (secondary N) is 1. The molecule has 0 atom stereocenters. The van der Waals surface area contributed by atoms with Crippen molar-refractivity contribution in [3.8, 4) is 0 Å². The van der Waals surface area contributed by atoms with Crippen LogP contribution in [0.15, 0.2) is 36.4 Å². The summed E-state index contributed by atoms with van der Waals surface area (Å²) in [6.07, 6.45) is 0. The zero-order valence-electron chi connectivity index (χ0n) is 14.2. The van der Waals surface area contributed by atoms with Gasteiger partial charge in [-0.05, 0) is 38.5 Å². The Hall–Kier alpha value is -3.22. The second-order valence-electron chi connectivity index (χ2n) is 5.65. The third kappa shape index (κ3) is 4.41. The molecule has 0 aliphatic rings. The maximum atomic E-state index is 12.1. The van der Waals surface area contributed by atoms with Gasteiger partial charge in [0.05, 0.1) is 10.5 Å². The highest BCUT2D eigenvalue weighted by molar-refractivity contribution is 5.96. The molecule has 0 aromatic heterocycles. The topological polar surface area (TPSA) is 98.5 Å². The molecule has 0 unspecified atom stereocenters. The van der Waals surface area contributed by atoms with Crippen molar-refractivity contribution in [2.24, 2.45) is 0 Å². The van der Waals surface area contributed by atoms with Gasteiger partial charge in [-0.25, -0.2) is 4.79 Å². The normalized spacial score (nSPS) is 10.2. The lowest BCUT2D eigenvalue weighted by Gasteiger charge is -2.10. The van der Waals surface area contributed by atoms with Gasteiger partial charge in [0.1, 0.15) is 0 Å². The highest BCUT2D eigenvalue weighted by Gasteiger charge is 2.19. The van der Waals surface area contributed by atoms with Gasteiger partial charge in [0.15, 0.2) is 6.61 Å². The third-order valence-electron chi connectivity index (χ3n) is 3.71. The van der Waals surface area contributed by atoms with Crippen molar-refractivity contribution < 1.29 is 19.2 Å². The Bertz CT molecular complexity index is 845. The van der Waals surface area contributed by atoms with Crippen LogP contribution in [0.1, 0.15) is 27.0 Å². The van der Waals surface area contributed by atoms with Crippen molar-refractivity contribution >= 4 is 23.3 Å². The fourth-order valence-electron chi connectivity index (χ4n) is 2.39. The Morgan fingerprint density at radius 3 is 2.52 bits per heavy atom. The molecule has 1 amide bonds. The molecular formula is C18H18N2O5. The van der Waals surface area contributed by atoms with E-state index in [0.717, 1.165) is 11.1 Å². The zero-order valence-corrected chi connectivity index (χ0v) is 14.2. The predicted molar refractivity (Wildman–Crippen MR) is 92.7 cm³/mol. The number of aryl methyl sites for hydroxylation is 2. The van der Waals surface area contributed by atoms with Crippen LogP contribution in [0.3, 0.4) is 0 Å². The number of nitrogens with zero attached hydrogens (tertiary/aromatic N) is 1. The number of esters is 1. The molecule has 0 aliphatic heterocycles. The van der Waals surface area contributed by atoms with Crippen LogP contribution in [-0.2, 0) is 9.53 Å². The van der Waals surface area contributed by atoms with E-state index in [0.29, 0.717) is 5.69 Å². The van der Waals surface area contributed by atoms with E-state index >= 15 is 0 Å². The van der Waals surface area contributed by atoms with Gasteiger partial charge in [0.25, 0.3) is 11.6 Å². The molecule has 0 saturated heterocycles. The Kier molecular flexibility index (Phi) is 5.49. The lowest BCUT2D eigenvalue weighted by molar-refractivity contribution is -0.385. The van der Waals surface area contributed by atoms with Crippen molar-refractivity contribution in [1.29, 1.82) is 0 Å². The molecule has 0 aliphatic carbocycles. The molecule has 0 fully saturated rings. The van der Waals surface area contributed by atoms with E-state index in [9.17, 15) is 19.7 Å². The molecule has 130 valence electrons. The fourth-order valence-corrected chi connectivity index (χ4v) is 2.39. The lowest BCUT2D eigenvalue weighted by Crippen LogP contribution is -2.21. The van der Waals surface area contributed by atoms with Gasteiger partial charge in [-0.3, -0.25) is 14.9 Å². The Labute approximate surface area is 144 Å². The third-order valence-corrected chi connectivity index (χ3v) is 3.71. The van der Waals surface area contributed by atoms with Crippen LogP contribution in [0, 0.1) is 30.9 Å². The van der Waals surface area contributed by atoms with Crippen LogP contribution in [0.4, 0.5) is 11.4 Å². The molecular weight excluding hydrogens is 324 g/mol. The number of nitro groups is 1. The van der Waals surface area contributed by atoms with Crippen LogP contribution < -0.4 is 5.32 Å².